The van der Waals surface area contributed by atoms with E-state index in [2.05, 4.69) is 27.7 Å². The molecule has 1 heterocycles. The summed E-state index contributed by atoms with van der Waals surface area (Å²) < 4.78 is 11.9. The molecule has 1 aromatic rings. The second-order valence-corrected chi connectivity index (χ2v) is 10.2. The van der Waals surface area contributed by atoms with Gasteiger partial charge in [-0.1, -0.05) is 39.8 Å². The van der Waals surface area contributed by atoms with Crippen LogP contribution < -0.4 is 4.74 Å². The van der Waals surface area contributed by atoms with E-state index in [9.17, 15) is 14.7 Å². The summed E-state index contributed by atoms with van der Waals surface area (Å²) in [7, 11) is 0. The summed E-state index contributed by atoms with van der Waals surface area (Å²) in [6.07, 6.45) is 2.03. The maximum Gasteiger partial charge on any atom is 0.163 e. The number of aromatic hydroxyl groups is 1. The molecule has 0 saturated heterocycles. The van der Waals surface area contributed by atoms with Crippen molar-refractivity contribution in [1.82, 2.24) is 0 Å². The van der Waals surface area contributed by atoms with E-state index in [0.29, 0.717) is 66.3 Å². The van der Waals surface area contributed by atoms with Gasteiger partial charge in [0.1, 0.15) is 11.5 Å². The predicted octanol–water partition coefficient (Wildman–Crippen LogP) is 5.19. The highest BCUT2D eigenvalue weighted by atomic mass is 16.5. The van der Waals surface area contributed by atoms with Crippen molar-refractivity contribution in [3.8, 4) is 11.5 Å². The first-order chi connectivity index (χ1) is 14.0. The molecule has 0 aromatic heterocycles. The number of carbonyl (C=O) groups is 2. The fraction of sp³-hybridized carbons (Fsp3) is 0.520. The molecule has 30 heavy (non-hydrogen) atoms. The minimum absolute atomic E-state index is 0.0137. The first-order valence-electron chi connectivity index (χ1n) is 10.7. The number of hydrogen-bond donors (Lipinski definition) is 1. The maximum atomic E-state index is 13.3. The largest absolute Gasteiger partial charge is 0.504 e. The van der Waals surface area contributed by atoms with Crippen molar-refractivity contribution in [3.05, 3.63) is 46.4 Å². The van der Waals surface area contributed by atoms with Crippen molar-refractivity contribution in [3.63, 3.8) is 0 Å². The Morgan fingerprint density at radius 3 is 2.00 bits per heavy atom. The summed E-state index contributed by atoms with van der Waals surface area (Å²) in [5, 5.41) is 11.0. The van der Waals surface area contributed by atoms with Gasteiger partial charge in [0.05, 0.1) is 12.5 Å². The number of phenolic OH excluding ortho intramolecular Hbond substituents is 1. The van der Waals surface area contributed by atoms with Gasteiger partial charge in [0, 0.05) is 42.4 Å². The van der Waals surface area contributed by atoms with Crippen LogP contribution in [0.2, 0.25) is 0 Å². The molecule has 5 heteroatoms. The van der Waals surface area contributed by atoms with Gasteiger partial charge in [0.2, 0.25) is 0 Å². The molecule has 1 aromatic carbocycles. The average molecular weight is 411 g/mol. The highest BCUT2D eigenvalue weighted by Crippen LogP contribution is 2.55. The van der Waals surface area contributed by atoms with Gasteiger partial charge in [-0.05, 0) is 23.8 Å². The molecule has 0 unspecified atom stereocenters. The first-order valence-corrected chi connectivity index (χ1v) is 10.7. The van der Waals surface area contributed by atoms with Gasteiger partial charge in [0.25, 0.3) is 0 Å². The third-order valence-corrected chi connectivity index (χ3v) is 6.22. The summed E-state index contributed by atoms with van der Waals surface area (Å²) in [5.41, 5.74) is 1.16. The minimum atomic E-state index is -0.614. The molecule has 0 fully saturated rings. The average Bonchev–Trinajstić information content (AvgIpc) is 2.60. The highest BCUT2D eigenvalue weighted by molar-refractivity contribution is 6.06. The number of hydrogen-bond acceptors (Lipinski definition) is 5. The first kappa shape index (κ1) is 20.7. The number of ether oxygens (including phenoxy) is 2. The van der Waals surface area contributed by atoms with Crippen molar-refractivity contribution in [1.29, 1.82) is 0 Å². The molecule has 1 N–H and O–H groups in total. The Morgan fingerprint density at radius 2 is 1.50 bits per heavy atom. The smallest absolute Gasteiger partial charge is 0.163 e. The molecule has 3 aliphatic rings. The molecule has 2 aliphatic carbocycles. The lowest BCUT2D eigenvalue weighted by atomic mass is 9.65. The molecule has 0 saturated carbocycles. The van der Waals surface area contributed by atoms with Gasteiger partial charge in [-0.15, -0.1) is 0 Å². The fourth-order valence-electron chi connectivity index (χ4n) is 5.03. The Kier molecular flexibility index (Phi) is 4.83. The van der Waals surface area contributed by atoms with E-state index in [0.717, 1.165) is 0 Å². The van der Waals surface area contributed by atoms with Crippen LogP contribution in [-0.4, -0.2) is 23.3 Å². The van der Waals surface area contributed by atoms with E-state index in [1.165, 1.54) is 0 Å². The molecule has 1 aliphatic heterocycles. The van der Waals surface area contributed by atoms with Crippen LogP contribution in [0.1, 0.15) is 71.8 Å². The zero-order chi connectivity index (χ0) is 21.8. The second kappa shape index (κ2) is 7.00. The number of carbonyl (C=O) groups excluding carboxylic acids is 2. The number of phenols is 1. The SMILES string of the molecule is CCOc1cccc(C2C3=C(CC(C)(C)CC3=O)OC3=C2C(=O)CC(C)(C)C3)c1O. The van der Waals surface area contributed by atoms with Gasteiger partial charge >= 0.3 is 0 Å². The van der Waals surface area contributed by atoms with E-state index in [4.69, 9.17) is 9.47 Å². The molecular weight excluding hydrogens is 380 g/mol. The fourth-order valence-corrected chi connectivity index (χ4v) is 5.03. The minimum Gasteiger partial charge on any atom is -0.504 e. The number of ketones is 2. The van der Waals surface area contributed by atoms with Crippen molar-refractivity contribution in [2.24, 2.45) is 10.8 Å². The zero-order valence-corrected chi connectivity index (χ0v) is 18.4. The molecule has 0 radical (unpaired) electrons. The molecule has 4 rings (SSSR count). The standard InChI is InChI=1S/C25H30O5/c1-6-29-17-9-7-8-14(23(17)28)20-21-15(26)10-24(2,3)12-18(21)30-19-13-25(4,5)11-16(27)22(19)20/h7-9,20,28H,6,10-13H2,1-5H3. The topological polar surface area (TPSA) is 72.8 Å². The van der Waals surface area contributed by atoms with E-state index >= 15 is 0 Å². The van der Waals surface area contributed by atoms with E-state index in [-0.39, 0.29) is 28.1 Å². The summed E-state index contributed by atoms with van der Waals surface area (Å²) >= 11 is 0. The lowest BCUT2D eigenvalue weighted by Gasteiger charge is -2.42. The van der Waals surface area contributed by atoms with Crippen LogP contribution in [0.15, 0.2) is 40.9 Å². The van der Waals surface area contributed by atoms with Crippen LogP contribution in [0.3, 0.4) is 0 Å². The Labute approximate surface area is 177 Å². The van der Waals surface area contributed by atoms with Crippen LogP contribution in [-0.2, 0) is 14.3 Å². The Bertz CT molecular complexity index is 941. The van der Waals surface area contributed by atoms with E-state index in [1.54, 1.807) is 18.2 Å². The number of benzene rings is 1. The summed E-state index contributed by atoms with van der Waals surface area (Å²) in [6.45, 7) is 10.5. The third kappa shape index (κ3) is 3.44. The van der Waals surface area contributed by atoms with Gasteiger partial charge in [-0.25, -0.2) is 0 Å². The highest BCUT2D eigenvalue weighted by Gasteiger charge is 2.48. The van der Waals surface area contributed by atoms with Crippen LogP contribution in [0, 0.1) is 10.8 Å². The van der Waals surface area contributed by atoms with Crippen LogP contribution >= 0.6 is 0 Å². The monoisotopic (exact) mass is 410 g/mol. The second-order valence-electron chi connectivity index (χ2n) is 10.2. The number of Topliss-reactive ketones (excluding diaryl/α,β-unsaturated/α-hetero) is 2. The van der Waals surface area contributed by atoms with Crippen LogP contribution in [0.4, 0.5) is 0 Å². The Balaban J connectivity index is 1.94. The van der Waals surface area contributed by atoms with Crippen LogP contribution in [0.25, 0.3) is 0 Å². The lowest BCUT2D eigenvalue weighted by Crippen LogP contribution is -2.37. The lowest BCUT2D eigenvalue weighted by molar-refractivity contribution is -0.120. The van der Waals surface area contributed by atoms with E-state index in [1.807, 2.05) is 6.92 Å². The molecule has 160 valence electrons. The zero-order valence-electron chi connectivity index (χ0n) is 18.4. The quantitative estimate of drug-likeness (QED) is 0.742. The predicted molar refractivity (Wildman–Crippen MR) is 113 cm³/mol. The van der Waals surface area contributed by atoms with Crippen molar-refractivity contribution < 1.29 is 24.2 Å². The number of allylic oxidation sites excluding steroid dienone is 4. The van der Waals surface area contributed by atoms with Gasteiger partial charge in [-0.3, -0.25) is 9.59 Å². The van der Waals surface area contributed by atoms with Gasteiger partial charge in [0.15, 0.2) is 23.1 Å². The summed E-state index contributed by atoms with van der Waals surface area (Å²) in [4.78, 5) is 26.5. The normalized spacial score (nSPS) is 23.1. The van der Waals surface area contributed by atoms with Gasteiger partial charge in [-0.2, -0.15) is 0 Å². The van der Waals surface area contributed by atoms with Gasteiger partial charge < -0.3 is 14.6 Å². The van der Waals surface area contributed by atoms with Crippen molar-refractivity contribution >= 4 is 11.6 Å². The molecule has 0 spiro atoms. The molecule has 0 atom stereocenters. The summed E-state index contributed by atoms with van der Waals surface area (Å²) in [5.74, 6) is 0.987. The van der Waals surface area contributed by atoms with E-state index < -0.39 is 5.92 Å². The Morgan fingerprint density at radius 1 is 0.967 bits per heavy atom. The molecule has 0 bridgehead atoms. The molecular formula is C25H30O5. The van der Waals surface area contributed by atoms with Crippen LogP contribution in [0.5, 0.6) is 11.5 Å². The van der Waals surface area contributed by atoms with Crippen molar-refractivity contribution in [2.45, 2.75) is 66.2 Å². The molecule has 5 nitrogen and oxygen atoms in total. The maximum absolute atomic E-state index is 13.3. The summed E-state index contributed by atoms with van der Waals surface area (Å²) in [6, 6.07) is 5.28. The Hall–Kier alpha value is -2.56. The molecule has 0 amide bonds. The number of rotatable bonds is 3. The number of para-hydroxylation sites is 1. The van der Waals surface area contributed by atoms with Crippen molar-refractivity contribution in [2.75, 3.05) is 6.61 Å². The third-order valence-electron chi connectivity index (χ3n) is 6.22.